The number of likely N-dealkylation sites (tertiary alicyclic amines) is 1. The van der Waals surface area contributed by atoms with Crippen LogP contribution in [0.25, 0.3) is 0 Å². The van der Waals surface area contributed by atoms with Gasteiger partial charge in [-0.15, -0.1) is 0 Å². The molecule has 0 aliphatic carbocycles. The van der Waals surface area contributed by atoms with Crippen molar-refractivity contribution >= 4 is 17.8 Å². The lowest BCUT2D eigenvalue weighted by molar-refractivity contribution is -0.735. The Kier molecular flexibility index (Phi) is 4.26. The van der Waals surface area contributed by atoms with Gasteiger partial charge in [-0.3, -0.25) is 14.5 Å². The number of aliphatic hydroxyl groups excluding tert-OH is 1. The smallest absolute Gasteiger partial charge is 0.371 e. The molecule has 0 aromatic heterocycles. The number of phenolic OH excluding ortho intramolecular Hbond substituents is 1. The molecule has 4 N–H and O–H groups in total. The molecular formula is C17H21N2O6+. The second-order valence-electron chi connectivity index (χ2n) is 6.40. The summed E-state index contributed by atoms with van der Waals surface area (Å²) >= 11 is 0. The van der Waals surface area contributed by atoms with Crippen LogP contribution in [-0.2, 0) is 19.1 Å². The summed E-state index contributed by atoms with van der Waals surface area (Å²) in [6.45, 7) is 1.27. The van der Waals surface area contributed by atoms with E-state index >= 15 is 0 Å². The van der Waals surface area contributed by atoms with E-state index in [1.165, 1.54) is 19.2 Å². The first-order chi connectivity index (χ1) is 11.9. The van der Waals surface area contributed by atoms with E-state index in [1.807, 2.05) is 0 Å². The van der Waals surface area contributed by atoms with E-state index in [9.17, 15) is 24.6 Å². The SMILES string of the molecule is CCN1C(=O)[C@H]2[C@@H](C1=O)[C@](CO)(C(=O)OC)[NH2+][C@H]2c1ccc(O)cc1. The van der Waals surface area contributed by atoms with Crippen LogP contribution in [0.4, 0.5) is 0 Å². The maximum Gasteiger partial charge on any atom is 0.371 e. The fourth-order valence-corrected chi connectivity index (χ4v) is 4.09. The minimum atomic E-state index is -1.56. The zero-order valence-electron chi connectivity index (χ0n) is 14.0. The summed E-state index contributed by atoms with van der Waals surface area (Å²) in [5, 5.41) is 21.0. The lowest BCUT2D eigenvalue weighted by Crippen LogP contribution is -2.99. The highest BCUT2D eigenvalue weighted by Gasteiger charge is 2.72. The molecule has 8 heteroatoms. The molecule has 8 nitrogen and oxygen atoms in total. The van der Waals surface area contributed by atoms with Gasteiger partial charge in [-0.25, -0.2) is 4.79 Å². The molecule has 2 fully saturated rings. The zero-order valence-corrected chi connectivity index (χ0v) is 14.0. The standard InChI is InChI=1S/C17H20N2O6/c1-3-19-14(22)11-12(15(19)23)17(8-20,16(24)25-2)18-13(11)9-4-6-10(21)7-5-9/h4-7,11-13,18,20-21H,3,8H2,1-2H3/p+1/t11-,12-,13-,17+/m0/s1. The number of fused-ring (bicyclic) bond motifs is 1. The van der Waals surface area contributed by atoms with Crippen LogP contribution in [0.5, 0.6) is 5.75 Å². The number of nitrogens with two attached hydrogens (primary N) is 1. The number of aliphatic hydroxyl groups is 1. The molecule has 2 heterocycles. The Hall–Kier alpha value is -2.45. The predicted molar refractivity (Wildman–Crippen MR) is 84.0 cm³/mol. The van der Waals surface area contributed by atoms with Gasteiger partial charge in [0.1, 0.15) is 30.2 Å². The van der Waals surface area contributed by atoms with Crippen LogP contribution in [0.3, 0.4) is 0 Å². The average molecular weight is 349 g/mol. The molecule has 134 valence electrons. The predicted octanol–water partition coefficient (Wildman–Crippen LogP) is -1.46. The Balaban J connectivity index is 2.13. The number of aromatic hydroxyl groups is 1. The van der Waals surface area contributed by atoms with Crippen molar-refractivity contribution in [3.05, 3.63) is 29.8 Å². The Morgan fingerprint density at radius 2 is 1.92 bits per heavy atom. The van der Waals surface area contributed by atoms with Gasteiger partial charge < -0.3 is 20.3 Å². The van der Waals surface area contributed by atoms with E-state index in [1.54, 1.807) is 24.4 Å². The monoisotopic (exact) mass is 349 g/mol. The topological polar surface area (TPSA) is 121 Å². The third kappa shape index (κ3) is 2.32. The summed E-state index contributed by atoms with van der Waals surface area (Å²) in [6.07, 6.45) is 0. The number of quaternary nitrogens is 1. The van der Waals surface area contributed by atoms with E-state index in [2.05, 4.69) is 0 Å². The van der Waals surface area contributed by atoms with Crippen molar-refractivity contribution in [2.75, 3.05) is 20.3 Å². The number of carbonyl (C=O) groups excluding carboxylic acids is 3. The Bertz CT molecular complexity index is 718. The fraction of sp³-hybridized carbons (Fsp3) is 0.471. The van der Waals surface area contributed by atoms with Crippen LogP contribution in [0.15, 0.2) is 24.3 Å². The minimum Gasteiger partial charge on any atom is -0.508 e. The summed E-state index contributed by atoms with van der Waals surface area (Å²) in [7, 11) is 1.19. The van der Waals surface area contributed by atoms with Crippen LogP contribution in [0.2, 0.25) is 0 Å². The van der Waals surface area contributed by atoms with Crippen LogP contribution in [0, 0.1) is 11.8 Å². The minimum absolute atomic E-state index is 0.0729. The number of ether oxygens (including phenoxy) is 1. The molecular weight excluding hydrogens is 328 g/mol. The van der Waals surface area contributed by atoms with Crippen LogP contribution < -0.4 is 5.32 Å². The van der Waals surface area contributed by atoms with Crippen LogP contribution >= 0.6 is 0 Å². The highest BCUT2D eigenvalue weighted by molar-refractivity contribution is 6.08. The number of hydrogen-bond acceptors (Lipinski definition) is 6. The molecule has 2 amide bonds. The van der Waals surface area contributed by atoms with Gasteiger partial charge in [0.2, 0.25) is 17.4 Å². The van der Waals surface area contributed by atoms with Gasteiger partial charge in [0.05, 0.1) is 7.11 Å². The van der Waals surface area contributed by atoms with Crippen molar-refractivity contribution in [1.29, 1.82) is 0 Å². The summed E-state index contributed by atoms with van der Waals surface area (Å²) in [5.41, 5.74) is -0.871. The Morgan fingerprint density at radius 1 is 1.28 bits per heavy atom. The third-order valence-corrected chi connectivity index (χ3v) is 5.28. The molecule has 0 saturated carbocycles. The number of rotatable bonds is 4. The third-order valence-electron chi connectivity index (χ3n) is 5.28. The first-order valence-corrected chi connectivity index (χ1v) is 8.10. The fourth-order valence-electron chi connectivity index (χ4n) is 4.09. The van der Waals surface area contributed by atoms with Gasteiger partial charge in [-0.05, 0) is 31.2 Å². The first-order valence-electron chi connectivity index (χ1n) is 8.10. The van der Waals surface area contributed by atoms with E-state index in [4.69, 9.17) is 4.74 Å². The number of hydrogen-bond donors (Lipinski definition) is 3. The van der Waals surface area contributed by atoms with Gasteiger partial charge in [0.15, 0.2) is 0 Å². The van der Waals surface area contributed by atoms with Crippen molar-refractivity contribution < 1.29 is 34.7 Å². The molecule has 2 saturated heterocycles. The molecule has 0 radical (unpaired) electrons. The van der Waals surface area contributed by atoms with Crippen molar-refractivity contribution in [2.24, 2.45) is 11.8 Å². The summed E-state index contributed by atoms with van der Waals surface area (Å²) < 4.78 is 4.84. The van der Waals surface area contributed by atoms with E-state index in [0.717, 1.165) is 4.90 Å². The van der Waals surface area contributed by atoms with Gasteiger partial charge in [-0.2, -0.15) is 0 Å². The normalized spacial score (nSPS) is 31.3. The average Bonchev–Trinajstić information content (AvgIpc) is 3.10. The van der Waals surface area contributed by atoms with Gasteiger partial charge in [0.25, 0.3) is 0 Å². The second-order valence-corrected chi connectivity index (χ2v) is 6.40. The number of methoxy groups -OCH3 is 1. The Labute approximate surface area is 144 Å². The van der Waals surface area contributed by atoms with Gasteiger partial charge >= 0.3 is 5.97 Å². The molecule has 0 spiro atoms. The molecule has 0 unspecified atom stereocenters. The van der Waals surface area contributed by atoms with Crippen LogP contribution in [0.1, 0.15) is 18.5 Å². The molecule has 2 aliphatic heterocycles. The number of nitrogens with zero attached hydrogens (tertiary/aromatic N) is 1. The maximum atomic E-state index is 12.8. The number of carbonyl (C=O) groups is 3. The van der Waals surface area contributed by atoms with Crippen molar-refractivity contribution in [1.82, 2.24) is 4.90 Å². The van der Waals surface area contributed by atoms with Crippen molar-refractivity contribution in [3.63, 3.8) is 0 Å². The van der Waals surface area contributed by atoms with Gasteiger partial charge in [0, 0.05) is 12.1 Å². The summed E-state index contributed by atoms with van der Waals surface area (Å²) in [5.74, 6) is -3.24. The highest BCUT2D eigenvalue weighted by Crippen LogP contribution is 2.44. The molecule has 3 rings (SSSR count). The quantitative estimate of drug-likeness (QED) is 0.451. The first kappa shape index (κ1) is 17.4. The summed E-state index contributed by atoms with van der Waals surface area (Å²) in [4.78, 5) is 39.2. The molecule has 25 heavy (non-hydrogen) atoms. The lowest BCUT2D eigenvalue weighted by Gasteiger charge is -2.27. The van der Waals surface area contributed by atoms with E-state index < -0.39 is 41.9 Å². The highest BCUT2D eigenvalue weighted by atomic mass is 16.5. The van der Waals surface area contributed by atoms with Crippen LogP contribution in [-0.4, -0.2) is 58.7 Å². The van der Waals surface area contributed by atoms with Gasteiger partial charge in [-0.1, -0.05) is 0 Å². The zero-order chi connectivity index (χ0) is 18.4. The molecule has 1 aromatic carbocycles. The number of benzene rings is 1. The maximum absolute atomic E-state index is 12.8. The number of esters is 1. The molecule has 1 aromatic rings. The lowest BCUT2D eigenvalue weighted by atomic mass is 9.79. The second kappa shape index (κ2) is 6.12. The van der Waals surface area contributed by atoms with Crippen molar-refractivity contribution in [2.45, 2.75) is 18.5 Å². The Morgan fingerprint density at radius 3 is 2.44 bits per heavy atom. The molecule has 2 aliphatic rings. The number of imide groups is 1. The number of phenols is 1. The van der Waals surface area contributed by atoms with E-state index in [0.29, 0.717) is 5.56 Å². The largest absolute Gasteiger partial charge is 0.508 e. The summed E-state index contributed by atoms with van der Waals surface area (Å²) in [6, 6.07) is 5.71. The van der Waals surface area contributed by atoms with E-state index in [-0.39, 0.29) is 18.2 Å². The molecule has 4 atom stereocenters. The number of amides is 2. The van der Waals surface area contributed by atoms with Crippen molar-refractivity contribution in [3.8, 4) is 5.75 Å². The molecule has 0 bridgehead atoms.